The average molecular weight is 368 g/mol. The van der Waals surface area contributed by atoms with Gasteiger partial charge >= 0.3 is 0 Å². The number of nitrogen functional groups attached to an aromatic ring is 1. The van der Waals surface area contributed by atoms with Gasteiger partial charge in [-0.2, -0.15) is 4.98 Å². The van der Waals surface area contributed by atoms with Gasteiger partial charge in [0.05, 0.1) is 5.75 Å². The van der Waals surface area contributed by atoms with Crippen LogP contribution < -0.4 is 5.73 Å². The maximum absolute atomic E-state index is 12.3. The molecule has 1 fully saturated rings. The fourth-order valence-electron chi connectivity index (χ4n) is 2.52. The topological polar surface area (TPSA) is 111 Å². The number of likely N-dealkylation sites (tertiary alicyclic amines) is 1. The molecular formula is C14H20N6O2S2. The molecule has 8 nitrogen and oxygen atoms in total. The predicted octanol–water partition coefficient (Wildman–Crippen LogP) is 2.12. The van der Waals surface area contributed by atoms with Crippen molar-refractivity contribution >= 4 is 34.1 Å². The van der Waals surface area contributed by atoms with E-state index in [-0.39, 0.29) is 17.7 Å². The van der Waals surface area contributed by atoms with Gasteiger partial charge in [0.25, 0.3) is 0 Å². The number of amides is 1. The molecule has 1 amide bonds. The highest BCUT2D eigenvalue weighted by Crippen LogP contribution is 2.29. The minimum Gasteiger partial charge on any atom is -0.374 e. The molecule has 0 radical (unpaired) electrons. The Morgan fingerprint density at radius 3 is 2.75 bits per heavy atom. The van der Waals surface area contributed by atoms with Crippen LogP contribution in [-0.2, 0) is 4.79 Å². The van der Waals surface area contributed by atoms with E-state index in [2.05, 4.69) is 20.3 Å². The van der Waals surface area contributed by atoms with Crippen LogP contribution in [0.3, 0.4) is 0 Å². The lowest BCUT2D eigenvalue weighted by Crippen LogP contribution is -2.39. The molecule has 0 bridgehead atoms. The highest BCUT2D eigenvalue weighted by molar-refractivity contribution is 8.01. The fourth-order valence-corrected chi connectivity index (χ4v) is 4.06. The highest BCUT2D eigenvalue weighted by Gasteiger charge is 2.27. The molecule has 0 saturated carbocycles. The Kier molecular flexibility index (Phi) is 5.34. The Morgan fingerprint density at radius 2 is 2.17 bits per heavy atom. The average Bonchev–Trinajstić information content (AvgIpc) is 3.22. The first-order chi connectivity index (χ1) is 11.5. The third kappa shape index (κ3) is 4.04. The van der Waals surface area contributed by atoms with Crippen LogP contribution in [0.25, 0.3) is 0 Å². The first kappa shape index (κ1) is 17.2. The minimum absolute atomic E-state index is 0.112. The summed E-state index contributed by atoms with van der Waals surface area (Å²) in [6.07, 6.45) is 1.70. The van der Waals surface area contributed by atoms with Gasteiger partial charge in [0.2, 0.25) is 16.9 Å². The van der Waals surface area contributed by atoms with Crippen LogP contribution in [0.15, 0.2) is 8.86 Å². The van der Waals surface area contributed by atoms with Gasteiger partial charge in [-0.15, -0.1) is 10.2 Å². The molecule has 10 heteroatoms. The molecule has 1 aliphatic heterocycles. The van der Waals surface area contributed by atoms with Gasteiger partial charge in [-0.05, 0) is 12.8 Å². The Bertz CT molecular complexity index is 693. The molecule has 0 unspecified atom stereocenters. The summed E-state index contributed by atoms with van der Waals surface area (Å²) in [5.74, 6) is 2.42. The van der Waals surface area contributed by atoms with Crippen molar-refractivity contribution in [1.82, 2.24) is 25.2 Å². The van der Waals surface area contributed by atoms with E-state index >= 15 is 0 Å². The number of carbonyl (C=O) groups excluding carboxylic acids is 1. The standard InChI is InChI=1S/C14H20N6O2S2/c1-8(2)11-16-12(22-19-11)9-3-5-20(6-4-9)10(21)7-23-14-18-17-13(15)24-14/h8-9H,3-7H2,1-2H3,(H2,15,17). The molecule has 3 rings (SSSR count). The van der Waals surface area contributed by atoms with Crippen molar-refractivity contribution in [2.24, 2.45) is 0 Å². The number of piperidine rings is 1. The van der Waals surface area contributed by atoms with Gasteiger partial charge in [-0.3, -0.25) is 4.79 Å². The van der Waals surface area contributed by atoms with Crippen LogP contribution in [-0.4, -0.2) is 50.0 Å². The molecule has 0 atom stereocenters. The SMILES string of the molecule is CC(C)c1noc(C2CCN(C(=O)CSc3nnc(N)s3)CC2)n1. The maximum atomic E-state index is 12.3. The molecule has 2 aromatic rings. The predicted molar refractivity (Wildman–Crippen MR) is 92.0 cm³/mol. The molecule has 0 aromatic carbocycles. The van der Waals surface area contributed by atoms with Gasteiger partial charge in [0, 0.05) is 24.9 Å². The molecule has 130 valence electrons. The van der Waals surface area contributed by atoms with E-state index in [9.17, 15) is 4.79 Å². The molecule has 1 saturated heterocycles. The second-order valence-electron chi connectivity index (χ2n) is 6.00. The molecule has 3 heterocycles. The second-order valence-corrected chi connectivity index (χ2v) is 8.23. The van der Waals surface area contributed by atoms with Crippen molar-refractivity contribution in [3.05, 3.63) is 11.7 Å². The Labute approximate surface area is 148 Å². The molecule has 1 aliphatic rings. The third-order valence-corrected chi connectivity index (χ3v) is 5.78. The quantitative estimate of drug-likeness (QED) is 0.799. The van der Waals surface area contributed by atoms with Crippen LogP contribution >= 0.6 is 23.1 Å². The van der Waals surface area contributed by atoms with Gasteiger partial charge < -0.3 is 15.2 Å². The second kappa shape index (κ2) is 7.47. The van der Waals surface area contributed by atoms with Crippen LogP contribution in [0, 0.1) is 0 Å². The van der Waals surface area contributed by atoms with Crippen LogP contribution in [0.2, 0.25) is 0 Å². The van der Waals surface area contributed by atoms with E-state index in [1.807, 2.05) is 18.7 Å². The lowest BCUT2D eigenvalue weighted by molar-refractivity contribution is -0.129. The van der Waals surface area contributed by atoms with Gasteiger partial charge in [-0.25, -0.2) is 0 Å². The largest absolute Gasteiger partial charge is 0.374 e. The van der Waals surface area contributed by atoms with Crippen molar-refractivity contribution in [3.63, 3.8) is 0 Å². The van der Waals surface area contributed by atoms with Crippen LogP contribution in [0.1, 0.15) is 50.2 Å². The van der Waals surface area contributed by atoms with E-state index in [0.29, 0.717) is 29.9 Å². The fraction of sp³-hybridized carbons (Fsp3) is 0.643. The summed E-state index contributed by atoms with van der Waals surface area (Å²) in [5.41, 5.74) is 5.53. The molecule has 24 heavy (non-hydrogen) atoms. The first-order valence-electron chi connectivity index (χ1n) is 7.86. The number of rotatable bonds is 5. The summed E-state index contributed by atoms with van der Waals surface area (Å²) in [7, 11) is 0. The molecule has 2 N–H and O–H groups in total. The number of anilines is 1. The number of thioether (sulfide) groups is 1. The monoisotopic (exact) mass is 368 g/mol. The van der Waals surface area contributed by atoms with Crippen LogP contribution in [0.4, 0.5) is 5.13 Å². The number of carbonyl (C=O) groups is 1. The number of hydrogen-bond donors (Lipinski definition) is 1. The summed E-state index contributed by atoms with van der Waals surface area (Å²) in [6.45, 7) is 5.50. The Balaban J connectivity index is 1.48. The van der Waals surface area contributed by atoms with Gasteiger partial charge in [0.15, 0.2) is 10.2 Å². The summed E-state index contributed by atoms with van der Waals surface area (Å²) in [4.78, 5) is 18.6. The molecule has 0 spiro atoms. The number of nitrogens with zero attached hydrogens (tertiary/aromatic N) is 5. The zero-order valence-corrected chi connectivity index (χ0v) is 15.3. The van der Waals surface area contributed by atoms with Crippen molar-refractivity contribution in [2.75, 3.05) is 24.6 Å². The van der Waals surface area contributed by atoms with Crippen molar-refractivity contribution in [1.29, 1.82) is 0 Å². The van der Waals surface area contributed by atoms with E-state index in [1.165, 1.54) is 23.1 Å². The van der Waals surface area contributed by atoms with E-state index < -0.39 is 0 Å². The number of nitrogens with two attached hydrogens (primary N) is 1. The van der Waals surface area contributed by atoms with E-state index in [4.69, 9.17) is 10.3 Å². The lowest BCUT2D eigenvalue weighted by atomic mass is 9.97. The summed E-state index contributed by atoms with van der Waals surface area (Å²) in [6, 6.07) is 0. The summed E-state index contributed by atoms with van der Waals surface area (Å²) >= 11 is 2.68. The summed E-state index contributed by atoms with van der Waals surface area (Å²) < 4.78 is 6.10. The maximum Gasteiger partial charge on any atom is 0.233 e. The van der Waals surface area contributed by atoms with Crippen molar-refractivity contribution in [2.45, 2.75) is 42.9 Å². The molecule has 2 aromatic heterocycles. The Hall–Kier alpha value is -1.68. The highest BCUT2D eigenvalue weighted by atomic mass is 32.2. The minimum atomic E-state index is 0.112. The van der Waals surface area contributed by atoms with E-state index in [1.54, 1.807) is 0 Å². The van der Waals surface area contributed by atoms with Gasteiger partial charge in [-0.1, -0.05) is 42.1 Å². The Morgan fingerprint density at radius 1 is 1.42 bits per heavy atom. The first-order valence-corrected chi connectivity index (χ1v) is 9.66. The molecule has 0 aliphatic carbocycles. The summed E-state index contributed by atoms with van der Waals surface area (Å²) in [5, 5.41) is 12.1. The smallest absolute Gasteiger partial charge is 0.233 e. The van der Waals surface area contributed by atoms with Gasteiger partial charge in [0.1, 0.15) is 0 Å². The third-order valence-electron chi connectivity index (χ3n) is 3.91. The lowest BCUT2D eigenvalue weighted by Gasteiger charge is -2.30. The normalized spacial score (nSPS) is 16.0. The number of aromatic nitrogens is 4. The number of hydrogen-bond acceptors (Lipinski definition) is 9. The molecular weight excluding hydrogens is 348 g/mol. The van der Waals surface area contributed by atoms with Crippen molar-refractivity contribution < 1.29 is 9.32 Å². The zero-order chi connectivity index (χ0) is 17.1. The van der Waals surface area contributed by atoms with Crippen LogP contribution in [0.5, 0.6) is 0 Å². The zero-order valence-electron chi connectivity index (χ0n) is 13.6. The van der Waals surface area contributed by atoms with E-state index in [0.717, 1.165) is 23.0 Å². The van der Waals surface area contributed by atoms with Crippen molar-refractivity contribution in [3.8, 4) is 0 Å².